The van der Waals surface area contributed by atoms with E-state index in [0.29, 0.717) is 30.3 Å². The number of aromatic nitrogens is 1. The summed E-state index contributed by atoms with van der Waals surface area (Å²) in [6.07, 6.45) is 2.66. The number of carbonyl (C=O) groups is 1. The van der Waals surface area contributed by atoms with Crippen LogP contribution >= 0.6 is 11.3 Å². The fourth-order valence-corrected chi connectivity index (χ4v) is 4.60. The van der Waals surface area contributed by atoms with Gasteiger partial charge in [-0.3, -0.25) is 0 Å². The van der Waals surface area contributed by atoms with Crippen LogP contribution in [-0.4, -0.2) is 32.3 Å². The number of ether oxygens (including phenoxy) is 1. The Morgan fingerprint density at radius 2 is 1.71 bits per heavy atom. The summed E-state index contributed by atoms with van der Waals surface area (Å²) in [6, 6.07) is 14.5. The van der Waals surface area contributed by atoms with Crippen molar-refractivity contribution in [2.24, 2.45) is 0 Å². The lowest BCUT2D eigenvalue weighted by atomic mass is 10.0. The van der Waals surface area contributed by atoms with Gasteiger partial charge in [-0.1, -0.05) is 35.6 Å². The van der Waals surface area contributed by atoms with Crippen LogP contribution in [0, 0.1) is 0 Å². The minimum absolute atomic E-state index is 0.282. The third-order valence-electron chi connectivity index (χ3n) is 4.61. The van der Waals surface area contributed by atoms with Crippen LogP contribution in [0.5, 0.6) is 5.19 Å². The number of nitrogen functional groups attached to an aromatic ring is 1. The monoisotopic (exact) mass is 459 g/mol. The number of nitrogens with zero attached hydrogens (tertiary/aromatic N) is 1. The van der Waals surface area contributed by atoms with Crippen LogP contribution in [0.2, 0.25) is 0 Å². The molecule has 0 aliphatic heterocycles. The summed E-state index contributed by atoms with van der Waals surface area (Å²) in [5.74, 6) is 0. The Balaban J connectivity index is 1.80. The van der Waals surface area contributed by atoms with E-state index in [1.54, 1.807) is 24.3 Å². The molecular formula is C22H25N3O4S2. The predicted molar refractivity (Wildman–Crippen MR) is 122 cm³/mol. The molecule has 1 heterocycles. The minimum Gasteiger partial charge on any atom is -0.399 e. The highest BCUT2D eigenvalue weighted by Crippen LogP contribution is 2.29. The van der Waals surface area contributed by atoms with E-state index in [2.05, 4.69) is 10.3 Å². The lowest BCUT2D eigenvalue weighted by molar-refractivity contribution is 0.201. The molecule has 1 aromatic heterocycles. The molecule has 0 unspecified atom stereocenters. The quantitative estimate of drug-likeness (QED) is 0.498. The molecule has 3 rings (SSSR count). The molecule has 2 aromatic carbocycles. The summed E-state index contributed by atoms with van der Waals surface area (Å²) >= 11 is 1.32. The van der Waals surface area contributed by atoms with Crippen LogP contribution < -0.4 is 15.8 Å². The second kappa shape index (κ2) is 9.93. The molecule has 164 valence electrons. The molecule has 0 bridgehead atoms. The molecule has 0 radical (unpaired) electrons. The minimum atomic E-state index is -3.24. The van der Waals surface area contributed by atoms with Crippen LogP contribution in [0.3, 0.4) is 0 Å². The molecule has 0 saturated carbocycles. The lowest BCUT2D eigenvalue weighted by Crippen LogP contribution is -2.26. The van der Waals surface area contributed by atoms with Gasteiger partial charge in [-0.2, -0.15) is 0 Å². The number of hydrogen-bond donors (Lipinski definition) is 2. The second-order valence-electron chi connectivity index (χ2n) is 7.10. The number of aryl methyl sites for hydroxylation is 2. The maximum absolute atomic E-state index is 11.8. The van der Waals surface area contributed by atoms with Gasteiger partial charge in [-0.05, 0) is 55.2 Å². The van der Waals surface area contributed by atoms with E-state index in [-0.39, 0.29) is 4.90 Å². The highest BCUT2D eigenvalue weighted by Gasteiger charge is 2.16. The second-order valence-corrected chi connectivity index (χ2v) is 10.2. The first-order valence-corrected chi connectivity index (χ1v) is 12.5. The van der Waals surface area contributed by atoms with Gasteiger partial charge in [0.2, 0.25) is 0 Å². The van der Waals surface area contributed by atoms with E-state index < -0.39 is 15.9 Å². The van der Waals surface area contributed by atoms with Gasteiger partial charge in [0.1, 0.15) is 0 Å². The van der Waals surface area contributed by atoms with E-state index >= 15 is 0 Å². The highest BCUT2D eigenvalue weighted by molar-refractivity contribution is 7.90. The van der Waals surface area contributed by atoms with Crippen LogP contribution in [0.25, 0.3) is 0 Å². The van der Waals surface area contributed by atoms with Gasteiger partial charge in [0.15, 0.2) is 9.84 Å². The van der Waals surface area contributed by atoms with Crippen LogP contribution in [0.15, 0.2) is 53.4 Å². The molecule has 0 aliphatic rings. The molecule has 0 saturated heterocycles. The molecule has 0 spiro atoms. The van der Waals surface area contributed by atoms with Gasteiger partial charge in [0.25, 0.3) is 5.19 Å². The Bertz CT molecular complexity index is 1140. The number of rotatable bonds is 8. The molecule has 3 aromatic rings. The lowest BCUT2D eigenvalue weighted by Gasteiger charge is -2.05. The zero-order valence-electron chi connectivity index (χ0n) is 17.4. The van der Waals surface area contributed by atoms with Crippen molar-refractivity contribution in [1.82, 2.24) is 10.3 Å². The van der Waals surface area contributed by atoms with Gasteiger partial charge in [0, 0.05) is 29.8 Å². The van der Waals surface area contributed by atoms with Crippen LogP contribution in [0.4, 0.5) is 10.5 Å². The number of hydrogen-bond acceptors (Lipinski definition) is 7. The van der Waals surface area contributed by atoms with E-state index in [4.69, 9.17) is 10.5 Å². The number of carbonyl (C=O) groups excluding carboxylic acids is 1. The summed E-state index contributed by atoms with van der Waals surface area (Å²) in [6.45, 7) is 2.28. The van der Waals surface area contributed by atoms with Crippen molar-refractivity contribution in [2.75, 3.05) is 18.5 Å². The number of nitrogens with one attached hydrogen (secondary N) is 1. The van der Waals surface area contributed by atoms with Crippen molar-refractivity contribution in [3.05, 3.63) is 70.2 Å². The molecule has 31 heavy (non-hydrogen) atoms. The summed E-state index contributed by atoms with van der Waals surface area (Å²) in [7, 11) is -3.24. The average Bonchev–Trinajstić information content (AvgIpc) is 3.08. The van der Waals surface area contributed by atoms with Gasteiger partial charge in [0.05, 0.1) is 10.6 Å². The summed E-state index contributed by atoms with van der Waals surface area (Å²) in [5, 5.41) is 2.89. The molecule has 0 fully saturated rings. The SMILES string of the molecule is CCNC(=O)Oc1nc(CCc2ccc(N)cc2)c(Cc2ccc(S(C)(=O)=O)cc2)s1. The standard InChI is InChI=1S/C22H25N3O4S2/c1-3-24-21(26)29-22-25-19(13-8-15-4-9-17(23)10-5-15)20(30-22)14-16-6-11-18(12-7-16)31(2,27)28/h4-7,9-12H,3,8,13-14,23H2,1-2H3,(H,24,26). The Labute approximate surface area is 186 Å². The zero-order chi connectivity index (χ0) is 22.4. The normalized spacial score (nSPS) is 11.3. The molecule has 7 nitrogen and oxygen atoms in total. The number of sulfone groups is 1. The maximum Gasteiger partial charge on any atom is 0.414 e. The zero-order valence-corrected chi connectivity index (χ0v) is 19.1. The topological polar surface area (TPSA) is 111 Å². The first-order valence-electron chi connectivity index (χ1n) is 9.82. The van der Waals surface area contributed by atoms with E-state index in [1.807, 2.05) is 31.2 Å². The fraction of sp³-hybridized carbons (Fsp3) is 0.273. The Morgan fingerprint density at radius 1 is 1.06 bits per heavy atom. The van der Waals surface area contributed by atoms with Crippen molar-refractivity contribution in [3.8, 4) is 5.19 Å². The van der Waals surface area contributed by atoms with Crippen LogP contribution in [0.1, 0.15) is 28.6 Å². The number of thiazole rings is 1. The molecular weight excluding hydrogens is 434 g/mol. The maximum atomic E-state index is 11.8. The van der Waals surface area contributed by atoms with E-state index in [1.165, 1.54) is 17.6 Å². The fourth-order valence-electron chi connectivity index (χ4n) is 2.98. The number of nitrogens with two attached hydrogens (primary N) is 1. The largest absolute Gasteiger partial charge is 0.414 e. The summed E-state index contributed by atoms with van der Waals surface area (Å²) in [5.41, 5.74) is 9.41. The molecule has 3 N–H and O–H groups in total. The Hall–Kier alpha value is -2.91. The third-order valence-corrected chi connectivity index (χ3v) is 6.71. The van der Waals surface area contributed by atoms with Gasteiger partial charge >= 0.3 is 6.09 Å². The number of benzene rings is 2. The number of amides is 1. The van der Waals surface area contributed by atoms with Crippen molar-refractivity contribution >= 4 is 33.0 Å². The van der Waals surface area contributed by atoms with Crippen LogP contribution in [-0.2, 0) is 29.1 Å². The van der Waals surface area contributed by atoms with Gasteiger partial charge < -0.3 is 15.8 Å². The third kappa shape index (κ3) is 6.53. The first kappa shape index (κ1) is 22.8. The van der Waals surface area contributed by atoms with Crippen molar-refractivity contribution < 1.29 is 17.9 Å². The average molecular weight is 460 g/mol. The summed E-state index contributed by atoms with van der Waals surface area (Å²) < 4.78 is 28.7. The van der Waals surface area contributed by atoms with Gasteiger partial charge in [-0.15, -0.1) is 0 Å². The van der Waals surface area contributed by atoms with Crippen molar-refractivity contribution in [1.29, 1.82) is 0 Å². The highest BCUT2D eigenvalue weighted by atomic mass is 32.2. The Morgan fingerprint density at radius 3 is 2.32 bits per heavy atom. The smallest absolute Gasteiger partial charge is 0.399 e. The Kier molecular flexibility index (Phi) is 7.29. The van der Waals surface area contributed by atoms with E-state index in [9.17, 15) is 13.2 Å². The summed E-state index contributed by atoms with van der Waals surface area (Å²) in [4.78, 5) is 17.6. The molecule has 9 heteroatoms. The first-order chi connectivity index (χ1) is 14.7. The van der Waals surface area contributed by atoms with Crippen molar-refractivity contribution in [3.63, 3.8) is 0 Å². The molecule has 1 amide bonds. The molecule has 0 atom stereocenters. The van der Waals surface area contributed by atoms with E-state index in [0.717, 1.165) is 28.1 Å². The van der Waals surface area contributed by atoms with Gasteiger partial charge in [-0.25, -0.2) is 18.2 Å². The predicted octanol–water partition coefficient (Wildman–Crippen LogP) is 3.61. The van der Waals surface area contributed by atoms with Crippen molar-refractivity contribution in [2.45, 2.75) is 31.1 Å². The molecule has 0 aliphatic carbocycles. The number of anilines is 1.